The van der Waals surface area contributed by atoms with E-state index < -0.39 is 0 Å². The Balaban J connectivity index is 2.09. The van der Waals surface area contributed by atoms with Crippen molar-refractivity contribution in [3.8, 4) is 28.6 Å². The van der Waals surface area contributed by atoms with Crippen LogP contribution in [0.4, 0.5) is 0 Å². The minimum atomic E-state index is -0.314. The molecule has 0 atom stereocenters. The fourth-order valence-electron chi connectivity index (χ4n) is 3.14. The minimum absolute atomic E-state index is 0.257. The summed E-state index contributed by atoms with van der Waals surface area (Å²) in [6.45, 7) is 0. The SMILES string of the molecule is COc1ccc2c(n1)C(=O)c1c-2[nH]c(=O)c2cc(OC)c(OC)cc12. The third kappa shape index (κ3) is 2.02. The third-order valence-corrected chi connectivity index (χ3v) is 4.32. The van der Waals surface area contributed by atoms with Crippen LogP contribution in [0.5, 0.6) is 17.4 Å². The maximum absolute atomic E-state index is 12.9. The average Bonchev–Trinajstić information content (AvgIpc) is 2.92. The molecule has 1 aliphatic rings. The molecule has 7 heteroatoms. The van der Waals surface area contributed by atoms with Gasteiger partial charge in [0.25, 0.3) is 5.56 Å². The number of carbonyl (C=O) groups excluding carboxylic acids is 1. The molecule has 2 aromatic heterocycles. The molecule has 0 aliphatic heterocycles. The van der Waals surface area contributed by atoms with Crippen LogP contribution < -0.4 is 19.8 Å². The maximum Gasteiger partial charge on any atom is 0.256 e. The molecule has 4 rings (SSSR count). The van der Waals surface area contributed by atoms with Crippen molar-refractivity contribution in [1.82, 2.24) is 9.97 Å². The van der Waals surface area contributed by atoms with Gasteiger partial charge in [-0.05, 0) is 18.2 Å². The molecule has 126 valence electrons. The highest BCUT2D eigenvalue weighted by atomic mass is 16.5. The molecule has 2 heterocycles. The first kappa shape index (κ1) is 15.2. The molecule has 0 unspecified atom stereocenters. The number of carbonyl (C=O) groups is 1. The molecule has 0 amide bonds. The van der Waals surface area contributed by atoms with Crippen molar-refractivity contribution in [1.29, 1.82) is 0 Å². The van der Waals surface area contributed by atoms with E-state index in [0.717, 1.165) is 0 Å². The summed E-state index contributed by atoms with van der Waals surface area (Å²) in [7, 11) is 4.47. The second-order valence-corrected chi connectivity index (χ2v) is 5.54. The maximum atomic E-state index is 12.9. The number of nitrogens with zero attached hydrogens (tertiary/aromatic N) is 1. The lowest BCUT2D eigenvalue weighted by atomic mass is 10.0. The molecule has 0 spiro atoms. The van der Waals surface area contributed by atoms with Gasteiger partial charge < -0.3 is 19.2 Å². The fourth-order valence-corrected chi connectivity index (χ4v) is 3.14. The zero-order valence-corrected chi connectivity index (χ0v) is 13.8. The minimum Gasteiger partial charge on any atom is -0.493 e. The quantitative estimate of drug-likeness (QED) is 0.616. The lowest BCUT2D eigenvalue weighted by molar-refractivity contribution is 0.103. The number of nitrogens with one attached hydrogen (secondary N) is 1. The Hall–Kier alpha value is -3.35. The topological polar surface area (TPSA) is 90.5 Å². The van der Waals surface area contributed by atoms with Gasteiger partial charge in [0.2, 0.25) is 11.7 Å². The smallest absolute Gasteiger partial charge is 0.256 e. The van der Waals surface area contributed by atoms with Gasteiger partial charge in [0, 0.05) is 17.0 Å². The molecule has 0 saturated heterocycles. The second-order valence-electron chi connectivity index (χ2n) is 5.54. The van der Waals surface area contributed by atoms with Gasteiger partial charge in [-0.3, -0.25) is 9.59 Å². The van der Waals surface area contributed by atoms with Gasteiger partial charge >= 0.3 is 0 Å². The summed E-state index contributed by atoms with van der Waals surface area (Å²) >= 11 is 0. The fraction of sp³-hybridized carbons (Fsp3) is 0.167. The van der Waals surface area contributed by atoms with E-state index in [4.69, 9.17) is 14.2 Å². The molecule has 1 N–H and O–H groups in total. The van der Waals surface area contributed by atoms with Gasteiger partial charge in [-0.25, -0.2) is 4.98 Å². The number of hydrogen-bond donors (Lipinski definition) is 1. The Morgan fingerprint density at radius 1 is 0.920 bits per heavy atom. The number of pyridine rings is 2. The highest BCUT2D eigenvalue weighted by molar-refractivity contribution is 6.25. The van der Waals surface area contributed by atoms with Crippen LogP contribution in [0.1, 0.15) is 16.1 Å². The van der Waals surface area contributed by atoms with Crippen molar-refractivity contribution in [3.05, 3.63) is 45.9 Å². The summed E-state index contributed by atoms with van der Waals surface area (Å²) in [4.78, 5) is 32.5. The monoisotopic (exact) mass is 338 g/mol. The molecule has 0 radical (unpaired) electrons. The number of ether oxygens (including phenoxy) is 3. The lowest BCUT2D eigenvalue weighted by Crippen LogP contribution is -2.10. The van der Waals surface area contributed by atoms with E-state index in [1.165, 1.54) is 21.3 Å². The van der Waals surface area contributed by atoms with Gasteiger partial charge in [-0.15, -0.1) is 0 Å². The van der Waals surface area contributed by atoms with Crippen molar-refractivity contribution < 1.29 is 19.0 Å². The zero-order valence-electron chi connectivity index (χ0n) is 13.8. The van der Waals surface area contributed by atoms with Gasteiger partial charge in [0.05, 0.1) is 38.0 Å². The van der Waals surface area contributed by atoms with Crippen LogP contribution in [0, 0.1) is 0 Å². The molecule has 0 saturated carbocycles. The highest BCUT2D eigenvalue weighted by Crippen LogP contribution is 2.40. The molecule has 1 aromatic carbocycles. The van der Waals surface area contributed by atoms with E-state index in [1.54, 1.807) is 24.3 Å². The summed E-state index contributed by atoms with van der Waals surface area (Å²) < 4.78 is 15.6. The van der Waals surface area contributed by atoms with Crippen LogP contribution in [0.15, 0.2) is 29.1 Å². The van der Waals surface area contributed by atoms with Gasteiger partial charge in [0.15, 0.2) is 11.5 Å². The molecular weight excluding hydrogens is 324 g/mol. The number of rotatable bonds is 3. The second kappa shape index (κ2) is 5.34. The van der Waals surface area contributed by atoms with Crippen LogP contribution in [-0.4, -0.2) is 37.1 Å². The Morgan fingerprint density at radius 3 is 2.24 bits per heavy atom. The first-order valence-electron chi connectivity index (χ1n) is 7.51. The van der Waals surface area contributed by atoms with Crippen molar-refractivity contribution in [3.63, 3.8) is 0 Å². The summed E-state index contributed by atoms with van der Waals surface area (Å²) in [5, 5.41) is 0.850. The van der Waals surface area contributed by atoms with E-state index in [-0.39, 0.29) is 17.0 Å². The van der Waals surface area contributed by atoms with Crippen molar-refractivity contribution >= 4 is 16.6 Å². The van der Waals surface area contributed by atoms with E-state index in [2.05, 4.69) is 9.97 Å². The summed E-state index contributed by atoms with van der Waals surface area (Å²) in [6, 6.07) is 6.58. The number of ketones is 1. The molecule has 3 aromatic rings. The van der Waals surface area contributed by atoms with E-state index in [9.17, 15) is 9.59 Å². The summed E-state index contributed by atoms with van der Waals surface area (Å²) in [5.41, 5.74) is 1.37. The Kier molecular flexibility index (Phi) is 3.24. The first-order chi connectivity index (χ1) is 12.1. The zero-order chi connectivity index (χ0) is 17.7. The van der Waals surface area contributed by atoms with Crippen LogP contribution in [0.3, 0.4) is 0 Å². The standard InChI is InChI=1S/C18H14N2O5/c1-23-11-6-9-10(7-12(11)24-2)18(22)20-15-8-4-5-13(25-3)19-16(8)17(21)14(9)15/h4-7H,1-3H3,(H,20,22). The molecule has 1 aliphatic carbocycles. The molecule has 0 bridgehead atoms. The van der Waals surface area contributed by atoms with Crippen LogP contribution >= 0.6 is 0 Å². The largest absolute Gasteiger partial charge is 0.493 e. The number of aromatic amines is 1. The number of H-pyrrole nitrogens is 1. The Bertz CT molecular complexity index is 1100. The number of aromatic nitrogens is 2. The predicted molar refractivity (Wildman–Crippen MR) is 90.9 cm³/mol. The number of benzene rings is 1. The van der Waals surface area contributed by atoms with E-state index >= 15 is 0 Å². The van der Waals surface area contributed by atoms with E-state index in [0.29, 0.717) is 45.0 Å². The van der Waals surface area contributed by atoms with Crippen LogP contribution in [0.2, 0.25) is 0 Å². The molecule has 25 heavy (non-hydrogen) atoms. The van der Waals surface area contributed by atoms with Crippen molar-refractivity contribution in [2.24, 2.45) is 0 Å². The van der Waals surface area contributed by atoms with Gasteiger partial charge in [-0.2, -0.15) is 0 Å². The highest BCUT2D eigenvalue weighted by Gasteiger charge is 2.32. The molecular formula is C18H14N2O5. The first-order valence-corrected chi connectivity index (χ1v) is 7.51. The number of methoxy groups -OCH3 is 3. The van der Waals surface area contributed by atoms with Crippen LogP contribution in [-0.2, 0) is 0 Å². The molecule has 0 fully saturated rings. The normalized spacial score (nSPS) is 12.0. The Labute approximate surface area is 142 Å². The summed E-state index contributed by atoms with van der Waals surface area (Å²) in [6.07, 6.45) is 0. The summed E-state index contributed by atoms with van der Waals surface area (Å²) in [5.74, 6) is 0.934. The molecule has 7 nitrogen and oxygen atoms in total. The Morgan fingerprint density at radius 2 is 1.60 bits per heavy atom. The van der Waals surface area contributed by atoms with E-state index in [1.807, 2.05) is 0 Å². The van der Waals surface area contributed by atoms with Crippen LogP contribution in [0.25, 0.3) is 22.0 Å². The van der Waals surface area contributed by atoms with Crippen molar-refractivity contribution in [2.75, 3.05) is 21.3 Å². The average molecular weight is 338 g/mol. The number of fused-ring (bicyclic) bond motifs is 5. The van der Waals surface area contributed by atoms with Crippen molar-refractivity contribution in [2.45, 2.75) is 0 Å². The van der Waals surface area contributed by atoms with Gasteiger partial charge in [-0.1, -0.05) is 0 Å². The number of hydrogen-bond acceptors (Lipinski definition) is 6. The third-order valence-electron chi connectivity index (χ3n) is 4.32. The predicted octanol–water partition coefficient (Wildman–Crippen LogP) is 2.16. The lowest BCUT2D eigenvalue weighted by Gasteiger charge is -2.10. The van der Waals surface area contributed by atoms with Gasteiger partial charge in [0.1, 0.15) is 5.69 Å².